The molecule has 0 saturated carbocycles. The van der Waals surface area contributed by atoms with E-state index < -0.39 is 85.5 Å². The third-order valence-electron chi connectivity index (χ3n) is 21.1. The zero-order valence-corrected chi connectivity index (χ0v) is 70.7. The summed E-state index contributed by atoms with van der Waals surface area (Å²) in [6.45, 7) is 20.1. The Hall–Kier alpha value is -10.4. The van der Waals surface area contributed by atoms with Gasteiger partial charge in [0.25, 0.3) is 11.4 Å². The second-order valence-corrected chi connectivity index (χ2v) is 29.9. The Kier molecular flexibility index (Phi) is 41.1. The van der Waals surface area contributed by atoms with Crippen molar-refractivity contribution < 1.29 is 68.7 Å². The number of carbonyl (C=O) groups is 2. The van der Waals surface area contributed by atoms with E-state index in [-0.39, 0.29) is 157 Å². The van der Waals surface area contributed by atoms with Crippen LogP contribution < -0.4 is 28.7 Å². The van der Waals surface area contributed by atoms with Crippen molar-refractivity contribution in [3.05, 3.63) is 148 Å². The molecular weight excluding hydrogens is 1560 g/mol. The van der Waals surface area contributed by atoms with Crippen LogP contribution in [0, 0.1) is 89.8 Å². The number of hydrogen-bond acceptors (Lipinski definition) is 26. The van der Waals surface area contributed by atoms with Crippen LogP contribution in [0.4, 0.5) is 79.6 Å². The average molecular weight is 1680 g/mol. The first kappa shape index (κ1) is 96.4. The van der Waals surface area contributed by atoms with E-state index in [0.29, 0.717) is 33.8 Å². The number of anilines is 2. The van der Waals surface area contributed by atoms with Crippen LogP contribution in [-0.2, 0) is 9.59 Å². The predicted octanol–water partition coefficient (Wildman–Crippen LogP) is 24.0. The summed E-state index contributed by atoms with van der Waals surface area (Å²) in [5.41, 5.74) is 0.857. The van der Waals surface area contributed by atoms with Gasteiger partial charge in [0.15, 0.2) is 11.4 Å². The SMILES string of the molecule is CCCCC(CC)COc1cc(N=Nc2ccc([N+](=O)[O-])cc2[N+](=O)[O-])c(OCC(CC)CCCC)cc1N=Nc1ccc(N(CCO)C(CO)c2c(N(CCC(CCl)C(=O)O)CCC(CCl)C(=O)O)ccc(N=Nc3cc(OCC(CC)CCCC)c(N=Nc4ccc([N+](=O)[O-])cc4[N+](=O)[O-])cc3OCC(CC)CCCC)c2C)cc1C. The van der Waals surface area contributed by atoms with Gasteiger partial charge in [-0.25, -0.2) is 0 Å². The maximum absolute atomic E-state index is 12.6. The largest absolute Gasteiger partial charge is 0.491 e. The van der Waals surface area contributed by atoms with Crippen molar-refractivity contribution in [2.75, 3.05) is 80.8 Å². The number of hydrogen-bond donors (Lipinski definition) is 4. The molecule has 118 heavy (non-hydrogen) atoms. The molecule has 0 aromatic heterocycles. The fourth-order valence-electron chi connectivity index (χ4n) is 13.3. The number of aliphatic carboxylic acids is 2. The zero-order chi connectivity index (χ0) is 86.4. The highest BCUT2D eigenvalue weighted by Gasteiger charge is 2.32. The van der Waals surface area contributed by atoms with Gasteiger partial charge in [-0.15, -0.1) is 53.9 Å². The number of nitro groups is 4. The summed E-state index contributed by atoms with van der Waals surface area (Å²) >= 11 is 12.6. The summed E-state index contributed by atoms with van der Waals surface area (Å²) in [5.74, 6) is -3.59. The number of nitro benzene ring substituents is 4. The predicted molar refractivity (Wildman–Crippen MR) is 456 cm³/mol. The molecule has 0 radical (unpaired) electrons. The molecule has 7 atom stereocenters. The standard InChI is InChI=1S/C84H114Cl2N14O18/c1-11-19-23-57(15-5)51-115-78-46-72(93-89-68-31-28-64(97(107)108)42-75(68)99(111)112)80(117-53-59(17-7)25-21-13-3)44-70(78)91-87-66-30-27-63(41-55(66)9)96(39-40-101)77(50-102)82-56(10)67(33-34-74(82)95(37-35-61(48-85)83(103)104)38-36-62(49-86)84(105)106)88-92-71-45-81(118-54-60(18-8)26-22-14-4)73(47-79(71)116-52-58(16-6)24-20-12-2)94-90-69-32-29-65(98(109)110)43-76(69)100(113)114/h27-34,41-47,57-62,77,101-102H,11-26,35-40,48-54H2,1-10H3,(H,103,104)(H,105,106). The summed E-state index contributed by atoms with van der Waals surface area (Å²) in [7, 11) is 0. The van der Waals surface area contributed by atoms with Gasteiger partial charge in [0.05, 0.1) is 101 Å². The number of non-ortho nitro benzene ring substituents is 2. The van der Waals surface area contributed by atoms with Crippen LogP contribution in [0.2, 0.25) is 0 Å². The van der Waals surface area contributed by atoms with Crippen LogP contribution in [0.25, 0.3) is 0 Å². The minimum absolute atomic E-state index is 0.00404. The smallest absolute Gasteiger partial charge is 0.307 e. The van der Waals surface area contributed by atoms with Crippen LogP contribution in [0.15, 0.2) is 132 Å². The van der Waals surface area contributed by atoms with Crippen LogP contribution in [0.1, 0.15) is 194 Å². The van der Waals surface area contributed by atoms with E-state index in [4.69, 9.17) is 62.6 Å². The first-order chi connectivity index (χ1) is 56.8. The topological polar surface area (TPSA) is 430 Å². The number of rotatable bonds is 57. The minimum Gasteiger partial charge on any atom is -0.491 e. The number of aryl methyl sites for hydroxylation is 1. The molecule has 0 aliphatic rings. The van der Waals surface area contributed by atoms with Crippen LogP contribution in [0.3, 0.4) is 0 Å². The third-order valence-corrected chi connectivity index (χ3v) is 21.8. The van der Waals surface area contributed by atoms with E-state index in [1.165, 1.54) is 0 Å². The molecule has 6 rings (SSSR count). The van der Waals surface area contributed by atoms with E-state index in [2.05, 4.69) is 75.8 Å². The van der Waals surface area contributed by atoms with E-state index in [9.17, 15) is 70.5 Å². The van der Waals surface area contributed by atoms with Gasteiger partial charge in [0.1, 0.15) is 45.7 Å². The Morgan fingerprint density at radius 3 is 1.08 bits per heavy atom. The summed E-state index contributed by atoms with van der Waals surface area (Å²) < 4.78 is 26.5. The molecule has 0 fully saturated rings. The van der Waals surface area contributed by atoms with Crippen molar-refractivity contribution in [1.82, 2.24) is 0 Å². The normalized spacial score (nSPS) is 13.5. The zero-order valence-electron chi connectivity index (χ0n) is 69.2. The molecule has 7 unspecified atom stereocenters. The summed E-state index contributed by atoms with van der Waals surface area (Å²) in [6.07, 6.45) is 14.2. The number of aliphatic hydroxyl groups excluding tert-OH is 2. The van der Waals surface area contributed by atoms with Gasteiger partial charge in [-0.3, -0.25) is 50.0 Å². The molecule has 0 spiro atoms. The van der Waals surface area contributed by atoms with Gasteiger partial charge in [0, 0.05) is 84.7 Å². The number of nitrogens with zero attached hydrogens (tertiary/aromatic N) is 14. The number of halogens is 2. The molecule has 32 nitrogen and oxygen atoms in total. The number of alkyl halides is 2. The van der Waals surface area contributed by atoms with Crippen molar-refractivity contribution in [3.63, 3.8) is 0 Å². The van der Waals surface area contributed by atoms with Crippen molar-refractivity contribution >= 4 is 115 Å². The second-order valence-electron chi connectivity index (χ2n) is 29.3. The van der Waals surface area contributed by atoms with Gasteiger partial charge in [-0.2, -0.15) is 10.2 Å². The van der Waals surface area contributed by atoms with Crippen LogP contribution in [0.5, 0.6) is 23.0 Å². The number of carboxylic acids is 2. The summed E-state index contributed by atoms with van der Waals surface area (Å²) in [5, 5.41) is 129. The number of benzene rings is 6. The number of ether oxygens (including phenoxy) is 4. The van der Waals surface area contributed by atoms with Gasteiger partial charge >= 0.3 is 23.3 Å². The molecule has 0 bridgehead atoms. The summed E-state index contributed by atoms with van der Waals surface area (Å²) in [4.78, 5) is 73.9. The lowest BCUT2D eigenvalue weighted by molar-refractivity contribution is -0.394. The van der Waals surface area contributed by atoms with Crippen LogP contribution >= 0.6 is 23.2 Å². The molecule has 0 aliphatic carbocycles. The Morgan fingerprint density at radius 1 is 0.432 bits per heavy atom. The van der Waals surface area contributed by atoms with Gasteiger partial charge in [-0.05, 0) is 130 Å². The number of carboxylic acid groups (broad SMARTS) is 2. The Labute approximate surface area is 699 Å². The maximum Gasteiger partial charge on any atom is 0.307 e. The molecule has 0 heterocycles. The monoisotopic (exact) mass is 1680 g/mol. The quantitative estimate of drug-likeness (QED) is 0.0119. The highest BCUT2D eigenvalue weighted by molar-refractivity contribution is 6.19. The van der Waals surface area contributed by atoms with Crippen molar-refractivity contribution in [2.24, 2.45) is 76.4 Å². The average Bonchev–Trinajstić information content (AvgIpc) is 0.772. The molecular formula is C84H114Cl2N14O18. The lowest BCUT2D eigenvalue weighted by atomic mass is 9.94. The number of aliphatic hydroxyl groups is 2. The van der Waals surface area contributed by atoms with Crippen LogP contribution in [-0.4, -0.2) is 123 Å². The fourth-order valence-corrected chi connectivity index (χ4v) is 13.9. The Balaban J connectivity index is 1.60. The molecule has 642 valence electrons. The maximum atomic E-state index is 12.6. The Morgan fingerprint density at radius 2 is 0.771 bits per heavy atom. The molecule has 0 amide bonds. The molecule has 6 aromatic carbocycles. The van der Waals surface area contributed by atoms with Gasteiger partial charge < -0.3 is 49.2 Å². The number of azo groups is 4. The van der Waals surface area contributed by atoms with Crippen molar-refractivity contribution in [1.29, 1.82) is 0 Å². The fraction of sp³-hybridized carbons (Fsp3) is 0.548. The minimum atomic E-state index is -1.15. The molecule has 4 N–H and O–H groups in total. The number of unbranched alkanes of at least 4 members (excludes halogenated alkanes) is 4. The molecule has 0 saturated heterocycles. The molecule has 0 aliphatic heterocycles. The first-order valence-electron chi connectivity index (χ1n) is 40.7. The second kappa shape index (κ2) is 50.4. The third kappa shape index (κ3) is 28.7. The first-order valence-corrected chi connectivity index (χ1v) is 41.8. The van der Waals surface area contributed by atoms with Crippen molar-refractivity contribution in [2.45, 2.75) is 191 Å². The van der Waals surface area contributed by atoms with Gasteiger partial charge in [-0.1, -0.05) is 132 Å². The van der Waals surface area contributed by atoms with E-state index >= 15 is 0 Å². The van der Waals surface area contributed by atoms with E-state index in [1.807, 2.05) is 11.0 Å². The summed E-state index contributed by atoms with van der Waals surface area (Å²) in [6, 6.07) is 20.0. The van der Waals surface area contributed by atoms with Crippen molar-refractivity contribution in [3.8, 4) is 23.0 Å². The lowest BCUT2D eigenvalue weighted by Crippen LogP contribution is -2.37. The van der Waals surface area contributed by atoms with Gasteiger partial charge in [0.2, 0.25) is 0 Å². The lowest BCUT2D eigenvalue weighted by Gasteiger charge is -2.38. The van der Waals surface area contributed by atoms with E-state index in [0.717, 1.165) is 139 Å². The highest BCUT2D eigenvalue weighted by Crippen LogP contribution is 2.48. The highest BCUT2D eigenvalue weighted by atomic mass is 35.5. The molecule has 34 heteroatoms. The van der Waals surface area contributed by atoms with E-state index in [1.54, 1.807) is 67.3 Å². The Bertz CT molecular complexity index is 4390. The molecule has 6 aromatic rings.